The van der Waals surface area contributed by atoms with Crippen LogP contribution in [0.1, 0.15) is 57.1 Å². The van der Waals surface area contributed by atoms with Crippen molar-refractivity contribution in [1.82, 2.24) is 14.5 Å². The molecule has 0 amide bonds. The van der Waals surface area contributed by atoms with Crippen molar-refractivity contribution in [3.8, 4) is 5.75 Å². The van der Waals surface area contributed by atoms with Gasteiger partial charge in [0.15, 0.2) is 0 Å². The number of hydrogen-bond donors (Lipinski definition) is 1. The lowest BCUT2D eigenvalue weighted by Gasteiger charge is -2.33. The van der Waals surface area contributed by atoms with Crippen molar-refractivity contribution in [1.29, 1.82) is 0 Å². The molecule has 37 heavy (non-hydrogen) atoms. The Hall–Kier alpha value is -3.57. The second kappa shape index (κ2) is 13.7. The predicted octanol–water partition coefficient (Wildman–Crippen LogP) is 7.14. The molecule has 0 aliphatic carbocycles. The van der Waals surface area contributed by atoms with E-state index >= 15 is 0 Å². The van der Waals surface area contributed by atoms with Crippen LogP contribution >= 0.6 is 0 Å². The second-order valence-electron chi connectivity index (χ2n) is 9.95. The molecule has 0 radical (unpaired) electrons. The normalized spacial score (nSPS) is 11.6. The van der Waals surface area contributed by atoms with Crippen LogP contribution in [0.5, 0.6) is 5.75 Å². The van der Waals surface area contributed by atoms with Crippen LogP contribution in [0, 0.1) is 5.92 Å². The summed E-state index contributed by atoms with van der Waals surface area (Å²) in [6.45, 7) is 15.3. The summed E-state index contributed by atoms with van der Waals surface area (Å²) < 4.78 is 7.76. The molecule has 0 fully saturated rings. The van der Waals surface area contributed by atoms with Crippen molar-refractivity contribution < 1.29 is 4.74 Å². The molecule has 3 aromatic carbocycles. The maximum absolute atomic E-state index is 5.90. The average molecular weight is 499 g/mol. The van der Waals surface area contributed by atoms with Gasteiger partial charge in [-0.25, -0.2) is 4.98 Å². The van der Waals surface area contributed by atoms with E-state index in [1.54, 1.807) is 7.11 Å². The van der Waals surface area contributed by atoms with Crippen molar-refractivity contribution >= 4 is 16.7 Å². The third-order valence-corrected chi connectivity index (χ3v) is 6.06. The van der Waals surface area contributed by atoms with E-state index in [0.717, 1.165) is 59.3 Å². The van der Waals surface area contributed by atoms with Crippen molar-refractivity contribution in [2.24, 2.45) is 11.7 Å². The van der Waals surface area contributed by atoms with Gasteiger partial charge in [0.05, 0.1) is 24.2 Å². The number of ether oxygens (including phenoxy) is 1. The highest BCUT2D eigenvalue weighted by molar-refractivity contribution is 5.76. The van der Waals surface area contributed by atoms with E-state index in [0.29, 0.717) is 6.54 Å². The molecule has 2 N–H and O–H groups in total. The van der Waals surface area contributed by atoms with Gasteiger partial charge < -0.3 is 19.9 Å². The zero-order valence-corrected chi connectivity index (χ0v) is 23.0. The Morgan fingerprint density at radius 3 is 2.32 bits per heavy atom. The zero-order chi connectivity index (χ0) is 26.8. The molecule has 0 aliphatic heterocycles. The van der Waals surface area contributed by atoms with Crippen LogP contribution in [0.3, 0.4) is 0 Å². The quantitative estimate of drug-likeness (QED) is 0.252. The van der Waals surface area contributed by atoms with Crippen LogP contribution < -0.4 is 10.5 Å². The Labute approximate surface area is 222 Å². The van der Waals surface area contributed by atoms with Gasteiger partial charge in [-0.2, -0.15) is 0 Å². The first-order valence-electron chi connectivity index (χ1n) is 13.1. The Balaban J connectivity index is 0.000000886. The van der Waals surface area contributed by atoms with E-state index in [-0.39, 0.29) is 6.04 Å². The maximum atomic E-state index is 5.90. The number of para-hydroxylation sites is 2. The van der Waals surface area contributed by atoms with Crippen LogP contribution in [0.15, 0.2) is 85.4 Å². The van der Waals surface area contributed by atoms with Gasteiger partial charge in [-0.3, -0.25) is 0 Å². The van der Waals surface area contributed by atoms with Crippen LogP contribution in [-0.4, -0.2) is 34.7 Å². The first-order valence-corrected chi connectivity index (χ1v) is 13.1. The smallest absolute Gasteiger partial charge is 0.132 e. The summed E-state index contributed by atoms with van der Waals surface area (Å²) >= 11 is 0. The Morgan fingerprint density at radius 1 is 0.973 bits per heavy atom. The number of methoxy groups -OCH3 is 1. The largest absolute Gasteiger partial charge is 0.497 e. The zero-order valence-electron chi connectivity index (χ0n) is 23.0. The molecule has 1 heterocycles. The topological polar surface area (TPSA) is 56.3 Å². The molecule has 5 heteroatoms. The van der Waals surface area contributed by atoms with Gasteiger partial charge in [-0.15, -0.1) is 0 Å². The molecule has 5 nitrogen and oxygen atoms in total. The first-order chi connectivity index (χ1) is 17.8. The van der Waals surface area contributed by atoms with Crippen molar-refractivity contribution in [2.75, 3.05) is 20.2 Å². The minimum Gasteiger partial charge on any atom is -0.497 e. The molecule has 1 aromatic heterocycles. The van der Waals surface area contributed by atoms with Gasteiger partial charge in [0.1, 0.15) is 11.6 Å². The molecular formula is C32H42N4O. The standard InChI is InChI=1S/C28H32N4O.C4H10/c1-21(24-13-9-14-25(19-24)33-3)31(18-10-17-29)22(2)28-30-26-15-7-8-16-27(26)32(28)20-23-11-5-4-6-12-23;1-4(2)3/h4-9,11-16,19,22H,1,10,17-18,20,29H2,2-3H3;4H,1-3H3. The second-order valence-corrected chi connectivity index (χ2v) is 9.95. The third-order valence-electron chi connectivity index (χ3n) is 6.06. The van der Waals surface area contributed by atoms with E-state index in [4.69, 9.17) is 15.5 Å². The fourth-order valence-corrected chi connectivity index (χ4v) is 4.28. The molecule has 0 aliphatic rings. The van der Waals surface area contributed by atoms with Gasteiger partial charge in [0.2, 0.25) is 0 Å². The molecule has 0 spiro atoms. The Morgan fingerprint density at radius 2 is 1.65 bits per heavy atom. The highest BCUT2D eigenvalue weighted by Gasteiger charge is 2.24. The number of fused-ring (bicyclic) bond motifs is 1. The number of aromatic nitrogens is 2. The summed E-state index contributed by atoms with van der Waals surface area (Å²) in [5.74, 6) is 2.66. The molecule has 0 saturated carbocycles. The van der Waals surface area contributed by atoms with E-state index in [1.165, 1.54) is 5.56 Å². The number of rotatable bonds is 10. The van der Waals surface area contributed by atoms with Gasteiger partial charge in [-0.05, 0) is 55.6 Å². The SMILES string of the molecule is C=C(c1cccc(OC)c1)N(CCCN)C(C)c1nc2ccccc2n1Cc1ccccc1.CC(C)C. The van der Waals surface area contributed by atoms with Crippen molar-refractivity contribution in [3.63, 3.8) is 0 Å². The van der Waals surface area contributed by atoms with E-state index in [2.05, 4.69) is 92.3 Å². The lowest BCUT2D eigenvalue weighted by molar-refractivity contribution is 0.299. The van der Waals surface area contributed by atoms with Gasteiger partial charge in [0, 0.05) is 24.4 Å². The highest BCUT2D eigenvalue weighted by atomic mass is 16.5. The molecule has 4 aromatic rings. The lowest BCUT2D eigenvalue weighted by atomic mass is 10.1. The fourth-order valence-electron chi connectivity index (χ4n) is 4.28. The molecule has 0 saturated heterocycles. The molecule has 4 rings (SSSR count). The average Bonchev–Trinajstić information content (AvgIpc) is 3.27. The monoisotopic (exact) mass is 498 g/mol. The van der Waals surface area contributed by atoms with Crippen LogP contribution in [0.2, 0.25) is 0 Å². The third kappa shape index (κ3) is 7.46. The number of benzene rings is 3. The molecule has 1 atom stereocenters. The van der Waals surface area contributed by atoms with Gasteiger partial charge in [-0.1, -0.05) is 81.9 Å². The minimum absolute atomic E-state index is 0.00589. The van der Waals surface area contributed by atoms with Crippen molar-refractivity contribution in [3.05, 3.63) is 102 Å². The molecule has 1 unspecified atom stereocenters. The van der Waals surface area contributed by atoms with E-state index in [1.807, 2.05) is 30.3 Å². The first kappa shape index (κ1) is 28.0. The van der Waals surface area contributed by atoms with E-state index < -0.39 is 0 Å². The van der Waals surface area contributed by atoms with Crippen LogP contribution in [0.25, 0.3) is 16.7 Å². The summed E-state index contributed by atoms with van der Waals surface area (Å²) in [5.41, 5.74) is 11.2. The number of nitrogens with two attached hydrogens (primary N) is 1. The predicted molar refractivity (Wildman–Crippen MR) is 157 cm³/mol. The fraction of sp³-hybridized carbons (Fsp3) is 0.344. The summed E-state index contributed by atoms with van der Waals surface area (Å²) in [6.07, 6.45) is 0.867. The summed E-state index contributed by atoms with van der Waals surface area (Å²) in [5, 5.41) is 0. The summed E-state index contributed by atoms with van der Waals surface area (Å²) in [7, 11) is 1.68. The lowest BCUT2D eigenvalue weighted by Crippen LogP contribution is -2.30. The molecular weight excluding hydrogens is 456 g/mol. The van der Waals surface area contributed by atoms with Crippen LogP contribution in [0.4, 0.5) is 0 Å². The van der Waals surface area contributed by atoms with E-state index in [9.17, 15) is 0 Å². The Bertz CT molecular complexity index is 1260. The Kier molecular flexibility index (Phi) is 10.3. The molecule has 196 valence electrons. The van der Waals surface area contributed by atoms with Crippen molar-refractivity contribution in [2.45, 2.75) is 46.7 Å². The summed E-state index contributed by atoms with van der Waals surface area (Å²) in [4.78, 5) is 7.38. The van der Waals surface area contributed by atoms with Gasteiger partial charge >= 0.3 is 0 Å². The summed E-state index contributed by atoms with van der Waals surface area (Å²) in [6, 6.07) is 26.9. The highest BCUT2D eigenvalue weighted by Crippen LogP contribution is 2.32. The number of nitrogens with zero attached hydrogens (tertiary/aromatic N) is 3. The number of hydrogen-bond acceptors (Lipinski definition) is 4. The minimum atomic E-state index is 0.00589. The molecule has 0 bridgehead atoms. The van der Waals surface area contributed by atoms with Crippen LogP contribution in [-0.2, 0) is 6.54 Å². The maximum Gasteiger partial charge on any atom is 0.132 e. The van der Waals surface area contributed by atoms with Gasteiger partial charge in [0.25, 0.3) is 0 Å². The number of imidazole rings is 1.